The highest BCUT2D eigenvalue weighted by molar-refractivity contribution is 5.78. The molecule has 1 aliphatic heterocycles. The third kappa shape index (κ3) is 4.26. The van der Waals surface area contributed by atoms with Crippen LogP contribution in [-0.4, -0.2) is 60.7 Å². The maximum Gasteiger partial charge on any atom is 0.405 e. The maximum atomic E-state index is 13.2. The molecular weight excluding hydrogens is 333 g/mol. The molecule has 1 fully saturated rings. The highest BCUT2D eigenvalue weighted by Gasteiger charge is 2.47. The van der Waals surface area contributed by atoms with E-state index in [-0.39, 0.29) is 25.7 Å². The lowest BCUT2D eigenvalue weighted by Crippen LogP contribution is -2.62. The third-order valence-corrected chi connectivity index (χ3v) is 5.01. The number of halogens is 3. The first kappa shape index (κ1) is 19.6. The Labute approximate surface area is 146 Å². The van der Waals surface area contributed by atoms with Crippen molar-refractivity contribution in [3.63, 3.8) is 0 Å². The molecule has 0 N–H and O–H groups in total. The fourth-order valence-electron chi connectivity index (χ4n) is 3.08. The highest BCUT2D eigenvalue weighted by atomic mass is 19.4. The van der Waals surface area contributed by atoms with Crippen LogP contribution < -0.4 is 4.74 Å². The van der Waals surface area contributed by atoms with Crippen LogP contribution in [-0.2, 0) is 4.79 Å². The van der Waals surface area contributed by atoms with Crippen molar-refractivity contribution in [3.05, 3.63) is 28.8 Å². The van der Waals surface area contributed by atoms with Crippen molar-refractivity contribution in [1.82, 2.24) is 9.80 Å². The lowest BCUT2D eigenvalue weighted by molar-refractivity contribution is -0.201. The summed E-state index contributed by atoms with van der Waals surface area (Å²) in [4.78, 5) is 14.9. The summed E-state index contributed by atoms with van der Waals surface area (Å²) < 4.78 is 45.2. The van der Waals surface area contributed by atoms with Gasteiger partial charge in [0.25, 0.3) is 5.91 Å². The van der Waals surface area contributed by atoms with Gasteiger partial charge in [-0.15, -0.1) is 0 Å². The minimum absolute atomic E-state index is 0.258. The van der Waals surface area contributed by atoms with Crippen molar-refractivity contribution in [1.29, 1.82) is 0 Å². The maximum absolute atomic E-state index is 13.2. The van der Waals surface area contributed by atoms with Crippen LogP contribution in [0.2, 0.25) is 0 Å². The van der Waals surface area contributed by atoms with Gasteiger partial charge in [-0.05, 0) is 51.4 Å². The smallest absolute Gasteiger partial charge is 0.405 e. The summed E-state index contributed by atoms with van der Waals surface area (Å²) in [5, 5.41) is 0. The summed E-state index contributed by atoms with van der Waals surface area (Å²) in [5.74, 6) is 0.206. The third-order valence-electron chi connectivity index (χ3n) is 5.01. The predicted molar refractivity (Wildman–Crippen MR) is 89.8 cm³/mol. The Balaban J connectivity index is 2.07. The largest absolute Gasteiger partial charge is 0.483 e. The topological polar surface area (TPSA) is 32.8 Å². The Kier molecular flexibility index (Phi) is 5.66. The van der Waals surface area contributed by atoms with Crippen molar-refractivity contribution >= 4 is 5.91 Å². The van der Waals surface area contributed by atoms with E-state index < -0.39 is 18.1 Å². The minimum atomic E-state index is -4.37. The zero-order valence-electron chi connectivity index (χ0n) is 15.3. The van der Waals surface area contributed by atoms with E-state index in [1.54, 1.807) is 6.92 Å². The Morgan fingerprint density at radius 2 is 1.80 bits per heavy atom. The van der Waals surface area contributed by atoms with E-state index in [9.17, 15) is 18.0 Å². The number of alkyl halides is 3. The number of piperazine rings is 1. The molecule has 0 saturated carbocycles. The number of carbonyl (C=O) groups excluding carboxylic acids is 1. The average Bonchev–Trinajstić information content (AvgIpc) is 2.52. The van der Waals surface area contributed by atoms with Crippen LogP contribution in [0.1, 0.15) is 23.6 Å². The summed E-state index contributed by atoms with van der Waals surface area (Å²) >= 11 is 0. The molecule has 1 amide bonds. The summed E-state index contributed by atoms with van der Waals surface area (Å²) in [5.41, 5.74) is 2.88. The van der Waals surface area contributed by atoms with Gasteiger partial charge >= 0.3 is 6.18 Å². The first-order chi connectivity index (χ1) is 11.5. The van der Waals surface area contributed by atoms with Crippen LogP contribution in [0.3, 0.4) is 0 Å². The molecule has 2 atom stereocenters. The van der Waals surface area contributed by atoms with Crippen molar-refractivity contribution in [2.24, 2.45) is 0 Å². The number of hydrogen-bond donors (Lipinski definition) is 0. The predicted octanol–water partition coefficient (Wildman–Crippen LogP) is 3.08. The average molecular weight is 358 g/mol. The second-order valence-electron chi connectivity index (χ2n) is 6.81. The Morgan fingerprint density at radius 1 is 1.20 bits per heavy atom. The van der Waals surface area contributed by atoms with E-state index in [2.05, 4.69) is 0 Å². The van der Waals surface area contributed by atoms with Crippen molar-refractivity contribution in [2.45, 2.75) is 46.0 Å². The number of likely N-dealkylation sites (N-methyl/N-ethyl adjacent to an activating group) is 1. The fourth-order valence-corrected chi connectivity index (χ4v) is 3.08. The second-order valence-corrected chi connectivity index (χ2v) is 6.81. The standard InChI is InChI=1S/C18H25F3N2O2/c1-11-6-7-12(2)17(14(11)4)25-10-16(24)23-8-13(3)22(5)15(9-23)18(19,20)21/h6-7,13,15H,8-10H2,1-5H3. The molecule has 7 heteroatoms. The summed E-state index contributed by atoms with van der Waals surface area (Å²) in [6.45, 7) is 7.05. The number of carbonyl (C=O) groups is 1. The van der Waals surface area contributed by atoms with E-state index in [1.165, 1.54) is 16.8 Å². The van der Waals surface area contributed by atoms with Crippen LogP contribution in [0, 0.1) is 20.8 Å². The van der Waals surface area contributed by atoms with Gasteiger partial charge in [-0.2, -0.15) is 13.2 Å². The molecule has 1 heterocycles. The van der Waals surface area contributed by atoms with Gasteiger partial charge in [-0.25, -0.2) is 0 Å². The van der Waals surface area contributed by atoms with Crippen LogP contribution in [0.15, 0.2) is 12.1 Å². The van der Waals surface area contributed by atoms with Gasteiger partial charge in [0.1, 0.15) is 11.8 Å². The van der Waals surface area contributed by atoms with Crippen LogP contribution >= 0.6 is 0 Å². The summed E-state index contributed by atoms with van der Waals surface area (Å²) in [7, 11) is 1.45. The van der Waals surface area contributed by atoms with E-state index in [0.717, 1.165) is 16.7 Å². The van der Waals surface area contributed by atoms with Gasteiger partial charge in [0.2, 0.25) is 0 Å². The van der Waals surface area contributed by atoms with Gasteiger partial charge in [-0.3, -0.25) is 9.69 Å². The second kappa shape index (κ2) is 7.23. The number of benzene rings is 1. The number of amides is 1. The van der Waals surface area contributed by atoms with Crippen LogP contribution in [0.4, 0.5) is 13.2 Å². The summed E-state index contributed by atoms with van der Waals surface area (Å²) in [6.07, 6.45) is -4.37. The normalized spacial score (nSPS) is 22.2. The van der Waals surface area contributed by atoms with E-state index in [0.29, 0.717) is 5.75 Å². The molecule has 2 unspecified atom stereocenters. The number of rotatable bonds is 3. The lowest BCUT2D eigenvalue weighted by Gasteiger charge is -2.44. The molecule has 4 nitrogen and oxygen atoms in total. The molecule has 0 radical (unpaired) electrons. The van der Waals surface area contributed by atoms with Crippen LogP contribution in [0.25, 0.3) is 0 Å². The zero-order valence-corrected chi connectivity index (χ0v) is 15.3. The molecule has 0 spiro atoms. The molecule has 140 valence electrons. The van der Waals surface area contributed by atoms with Crippen molar-refractivity contribution in [2.75, 3.05) is 26.7 Å². The monoisotopic (exact) mass is 358 g/mol. The molecule has 0 aromatic heterocycles. The number of hydrogen-bond acceptors (Lipinski definition) is 3. The van der Waals surface area contributed by atoms with Gasteiger partial charge in [-0.1, -0.05) is 12.1 Å². The molecule has 1 aromatic rings. The van der Waals surface area contributed by atoms with Gasteiger partial charge in [0.05, 0.1) is 0 Å². The fraction of sp³-hybridized carbons (Fsp3) is 0.611. The minimum Gasteiger partial charge on any atom is -0.483 e. The highest BCUT2D eigenvalue weighted by Crippen LogP contribution is 2.29. The first-order valence-corrected chi connectivity index (χ1v) is 8.28. The quantitative estimate of drug-likeness (QED) is 0.832. The van der Waals surface area contributed by atoms with Gasteiger partial charge < -0.3 is 9.64 Å². The van der Waals surface area contributed by atoms with Gasteiger partial charge in [0.15, 0.2) is 6.61 Å². The van der Waals surface area contributed by atoms with Gasteiger partial charge in [0, 0.05) is 19.1 Å². The van der Waals surface area contributed by atoms with E-state index >= 15 is 0 Å². The Hall–Kier alpha value is -1.76. The SMILES string of the molecule is Cc1ccc(C)c(OCC(=O)N2CC(C)N(C)C(C(F)(F)F)C2)c1C. The lowest BCUT2D eigenvalue weighted by atomic mass is 10.1. The Bertz CT molecular complexity index is 646. The Morgan fingerprint density at radius 3 is 2.40 bits per heavy atom. The zero-order chi connectivity index (χ0) is 18.9. The van der Waals surface area contributed by atoms with Crippen molar-refractivity contribution < 1.29 is 22.7 Å². The van der Waals surface area contributed by atoms with Crippen molar-refractivity contribution in [3.8, 4) is 5.75 Å². The molecule has 0 bridgehead atoms. The molecule has 25 heavy (non-hydrogen) atoms. The van der Waals surface area contributed by atoms with E-state index in [4.69, 9.17) is 4.74 Å². The molecule has 1 aliphatic rings. The number of nitrogens with zero attached hydrogens (tertiary/aromatic N) is 2. The van der Waals surface area contributed by atoms with E-state index in [1.807, 2.05) is 32.9 Å². The first-order valence-electron chi connectivity index (χ1n) is 8.28. The number of aryl methyl sites for hydroxylation is 2. The number of ether oxygens (including phenoxy) is 1. The molecule has 1 saturated heterocycles. The molecule has 0 aliphatic carbocycles. The molecule has 1 aromatic carbocycles. The van der Waals surface area contributed by atoms with Crippen LogP contribution in [0.5, 0.6) is 5.75 Å². The summed E-state index contributed by atoms with van der Waals surface area (Å²) in [6, 6.07) is 1.85. The molecule has 2 rings (SSSR count). The molecular formula is C18H25F3N2O2.